The minimum atomic E-state index is -0.956. The molecule has 0 radical (unpaired) electrons. The van der Waals surface area contributed by atoms with Crippen LogP contribution < -0.4 is 31.7 Å². The van der Waals surface area contributed by atoms with Crippen LogP contribution in [-0.2, 0) is 30.4 Å². The molecule has 0 aliphatic carbocycles. The highest BCUT2D eigenvalue weighted by atomic mass is 32.1. The summed E-state index contributed by atoms with van der Waals surface area (Å²) in [6.07, 6.45) is 0.529. The maximum Gasteiger partial charge on any atom is 0.246 e. The molecule has 3 amide bonds. The number of rotatable bonds is 16. The summed E-state index contributed by atoms with van der Waals surface area (Å²) >= 11 is 4.77. The number of anilines is 1. The summed E-state index contributed by atoms with van der Waals surface area (Å²) in [4.78, 5) is 41.6. The lowest BCUT2D eigenvalue weighted by Gasteiger charge is -2.35. The van der Waals surface area contributed by atoms with E-state index in [1.165, 1.54) is 11.0 Å². The molecule has 0 saturated carbocycles. The number of aliphatic hydroxyl groups excluding tert-OH is 1. The van der Waals surface area contributed by atoms with Crippen LogP contribution in [0.5, 0.6) is 5.75 Å². The summed E-state index contributed by atoms with van der Waals surface area (Å²) in [6.45, 7) is 8.57. The number of hydrogen-bond donors (Lipinski definition) is 6. The van der Waals surface area contributed by atoms with Crippen molar-refractivity contribution in [3.63, 3.8) is 0 Å². The van der Waals surface area contributed by atoms with Crippen molar-refractivity contribution >= 4 is 46.5 Å². The van der Waals surface area contributed by atoms with Gasteiger partial charge in [0, 0.05) is 31.7 Å². The maximum absolute atomic E-state index is 14.4. The predicted molar refractivity (Wildman–Crippen MR) is 215 cm³/mol. The van der Waals surface area contributed by atoms with Crippen LogP contribution >= 0.6 is 12.2 Å². The topological polar surface area (TPSA) is 177 Å². The molecule has 15 heteroatoms. The average Bonchev–Trinajstić information content (AvgIpc) is 3.78. The van der Waals surface area contributed by atoms with Gasteiger partial charge < -0.3 is 51.2 Å². The van der Waals surface area contributed by atoms with Crippen LogP contribution in [0.25, 0.3) is 16.9 Å². The molecule has 0 aromatic heterocycles. The Balaban J connectivity index is 1.03. The smallest absolute Gasteiger partial charge is 0.246 e. The molecule has 2 aliphatic rings. The van der Waals surface area contributed by atoms with Gasteiger partial charge in [0.15, 0.2) is 11.8 Å². The van der Waals surface area contributed by atoms with E-state index in [1.54, 1.807) is 12.1 Å². The number of hydrogen-bond acceptors (Lipinski definition) is 9. The monoisotopic (exact) mass is 790 g/mol. The van der Waals surface area contributed by atoms with Crippen LogP contribution in [-0.4, -0.2) is 84.1 Å². The van der Waals surface area contributed by atoms with Crippen molar-refractivity contribution in [2.24, 2.45) is 11.1 Å². The first-order valence-electron chi connectivity index (χ1n) is 18.6. The van der Waals surface area contributed by atoms with Gasteiger partial charge >= 0.3 is 0 Å². The SMILES string of the molecule is CC1=C(c2ccc(CNC(=O)[C@@H]3C[C@@H](O)CN3C(=O)[C@@H](NC(=O)COCCCCOc3ccc(-c4ccc(NC(N)=S)c(F)c4)cc3)C(C)(C)C)cc2)OCN1. The molecule has 3 aromatic rings. The van der Waals surface area contributed by atoms with Gasteiger partial charge in [-0.25, -0.2) is 4.39 Å². The molecule has 2 heterocycles. The molecule has 1 fully saturated rings. The summed E-state index contributed by atoms with van der Waals surface area (Å²) < 4.78 is 31.4. The number of carbonyl (C=O) groups excluding carboxylic acids is 3. The van der Waals surface area contributed by atoms with E-state index in [2.05, 4.69) is 21.3 Å². The molecule has 1 saturated heterocycles. The minimum absolute atomic E-state index is 0.0107. The van der Waals surface area contributed by atoms with Crippen molar-refractivity contribution in [1.82, 2.24) is 20.9 Å². The van der Waals surface area contributed by atoms with E-state index in [-0.39, 0.29) is 42.8 Å². The van der Waals surface area contributed by atoms with Gasteiger partial charge in [-0.2, -0.15) is 0 Å². The van der Waals surface area contributed by atoms with Crippen LogP contribution in [0.2, 0.25) is 0 Å². The normalized spacial score (nSPS) is 17.1. The molecule has 0 bridgehead atoms. The van der Waals surface area contributed by atoms with Gasteiger partial charge in [-0.15, -0.1) is 0 Å². The van der Waals surface area contributed by atoms with Gasteiger partial charge in [0.1, 0.15) is 36.0 Å². The Kier molecular flexibility index (Phi) is 14.3. The van der Waals surface area contributed by atoms with Gasteiger partial charge in [-0.1, -0.05) is 63.2 Å². The molecule has 7 N–H and O–H groups in total. The highest BCUT2D eigenvalue weighted by Crippen LogP contribution is 2.28. The number of likely N-dealkylation sites (tertiary alicyclic amines) is 1. The molecule has 13 nitrogen and oxygen atoms in total. The lowest BCUT2D eigenvalue weighted by Crippen LogP contribution is -2.58. The molecule has 2 aliphatic heterocycles. The molecule has 300 valence electrons. The molecular formula is C41H51FN6O7S. The number of unbranched alkanes of at least 4 members (excludes halogenated alkanes) is 1. The first-order chi connectivity index (χ1) is 26.7. The maximum atomic E-state index is 14.4. The number of β-amino-alcohol motifs (C(OH)–C–C–N with tert-alkyl or cyclic N) is 1. The van der Waals surface area contributed by atoms with E-state index in [1.807, 2.05) is 76.2 Å². The largest absolute Gasteiger partial charge is 0.494 e. The van der Waals surface area contributed by atoms with Crippen LogP contribution in [0.1, 0.15) is 58.1 Å². The molecular weight excluding hydrogens is 740 g/mol. The first-order valence-corrected chi connectivity index (χ1v) is 19.0. The number of allylic oxidation sites excluding steroid dienone is 1. The summed E-state index contributed by atoms with van der Waals surface area (Å²) in [6, 6.07) is 17.9. The molecule has 0 unspecified atom stereocenters. The third-order valence-corrected chi connectivity index (χ3v) is 9.56. The van der Waals surface area contributed by atoms with Gasteiger partial charge in [0.2, 0.25) is 17.7 Å². The second-order valence-electron chi connectivity index (χ2n) is 14.9. The number of carbonyl (C=O) groups is 3. The van der Waals surface area contributed by atoms with Gasteiger partial charge in [-0.3, -0.25) is 14.4 Å². The summed E-state index contributed by atoms with van der Waals surface area (Å²) in [5.41, 5.74) is 9.22. The number of aliphatic hydroxyl groups is 1. The zero-order valence-corrected chi connectivity index (χ0v) is 33.0. The number of ether oxygens (including phenoxy) is 3. The fourth-order valence-corrected chi connectivity index (χ4v) is 6.55. The molecule has 56 heavy (non-hydrogen) atoms. The molecule has 5 rings (SSSR count). The third kappa shape index (κ3) is 11.4. The molecule has 3 atom stereocenters. The van der Waals surface area contributed by atoms with Gasteiger partial charge in [0.05, 0.1) is 24.1 Å². The Hall–Kier alpha value is -5.25. The van der Waals surface area contributed by atoms with Crippen molar-refractivity contribution in [2.75, 3.05) is 38.4 Å². The lowest BCUT2D eigenvalue weighted by molar-refractivity contribution is -0.144. The van der Waals surface area contributed by atoms with E-state index in [0.717, 1.165) is 28.1 Å². The molecule has 0 spiro atoms. The fourth-order valence-electron chi connectivity index (χ4n) is 6.44. The Bertz CT molecular complexity index is 1900. The van der Waals surface area contributed by atoms with Crippen molar-refractivity contribution in [1.29, 1.82) is 0 Å². The van der Waals surface area contributed by atoms with Crippen molar-refractivity contribution in [3.05, 3.63) is 89.4 Å². The van der Waals surface area contributed by atoms with Crippen molar-refractivity contribution in [2.45, 2.75) is 71.7 Å². The zero-order chi connectivity index (χ0) is 40.4. The Morgan fingerprint density at radius 1 is 1.04 bits per heavy atom. The van der Waals surface area contributed by atoms with Crippen molar-refractivity contribution in [3.8, 4) is 16.9 Å². The Labute approximate surface area is 332 Å². The number of nitrogens with two attached hydrogens (primary N) is 1. The van der Waals surface area contributed by atoms with Crippen molar-refractivity contribution < 1.29 is 38.1 Å². The number of thiocarbonyl (C=S) groups is 1. The van der Waals surface area contributed by atoms with Gasteiger partial charge in [0.25, 0.3) is 0 Å². The third-order valence-electron chi connectivity index (χ3n) is 9.46. The summed E-state index contributed by atoms with van der Waals surface area (Å²) in [7, 11) is 0. The van der Waals surface area contributed by atoms with Crippen LogP contribution in [0.3, 0.4) is 0 Å². The number of nitrogens with one attached hydrogen (secondary N) is 4. The van der Waals surface area contributed by atoms with Crippen LogP contribution in [0, 0.1) is 11.2 Å². The number of benzene rings is 3. The van der Waals surface area contributed by atoms with Crippen LogP contribution in [0.4, 0.5) is 10.1 Å². The van der Waals surface area contributed by atoms with E-state index in [9.17, 15) is 23.9 Å². The van der Waals surface area contributed by atoms with E-state index in [4.69, 9.17) is 32.2 Å². The summed E-state index contributed by atoms with van der Waals surface area (Å²) in [5, 5.41) is 21.9. The highest BCUT2D eigenvalue weighted by molar-refractivity contribution is 7.80. The second-order valence-corrected chi connectivity index (χ2v) is 15.4. The second kappa shape index (κ2) is 19.1. The fraction of sp³-hybridized carbons (Fsp3) is 0.415. The minimum Gasteiger partial charge on any atom is -0.494 e. The number of nitrogens with zero attached hydrogens (tertiary/aromatic N) is 1. The standard InChI is InChI=1S/C41H51FN6O7S/c1-25-36(55-24-45-25)28-9-7-26(8-10-28)21-44-38(51)34-20-30(49)22-48(34)39(52)37(41(2,3)4)47-35(50)23-53-17-5-6-18-54-31-14-11-27(12-15-31)29-13-16-33(32(42)19-29)46-40(43)56/h7-16,19,30,34,37,45,49H,5-6,17-18,20-24H2,1-4H3,(H,44,51)(H,47,50)(H3,43,46,56)/t30-,34+,37-/m1/s1. The van der Waals surface area contributed by atoms with E-state index < -0.39 is 41.2 Å². The lowest BCUT2D eigenvalue weighted by atomic mass is 9.85. The summed E-state index contributed by atoms with van der Waals surface area (Å²) in [5.74, 6) is -0.299. The highest BCUT2D eigenvalue weighted by Gasteiger charge is 2.44. The average molecular weight is 791 g/mol. The zero-order valence-electron chi connectivity index (χ0n) is 32.2. The quantitative estimate of drug-likeness (QED) is 0.0897. The first kappa shape index (κ1) is 41.9. The van der Waals surface area contributed by atoms with E-state index >= 15 is 0 Å². The molecule has 3 aromatic carbocycles. The Morgan fingerprint density at radius 3 is 2.36 bits per heavy atom. The van der Waals surface area contributed by atoms with Gasteiger partial charge in [-0.05, 0) is 78.4 Å². The number of halogens is 1. The number of amides is 3. The predicted octanol–water partition coefficient (Wildman–Crippen LogP) is 4.40. The van der Waals surface area contributed by atoms with Crippen LogP contribution in [0.15, 0.2) is 72.4 Å². The Morgan fingerprint density at radius 2 is 1.71 bits per heavy atom. The van der Waals surface area contributed by atoms with E-state index in [0.29, 0.717) is 44.1 Å².